The minimum absolute atomic E-state index is 0.442. The summed E-state index contributed by atoms with van der Waals surface area (Å²) in [6.45, 7) is 2.23. The molecule has 0 spiro atoms. The third kappa shape index (κ3) is 2.85. The molecule has 0 amide bonds. The second-order valence-electron chi connectivity index (χ2n) is 4.23. The van der Waals surface area contributed by atoms with Gasteiger partial charge in [-0.05, 0) is 6.42 Å². The van der Waals surface area contributed by atoms with Crippen molar-refractivity contribution in [1.29, 1.82) is 0 Å². The van der Waals surface area contributed by atoms with Crippen LogP contribution in [0.1, 0.15) is 31.1 Å². The van der Waals surface area contributed by atoms with Crippen LogP contribution in [-0.4, -0.2) is 15.3 Å². The molecule has 1 unspecified atom stereocenters. The lowest BCUT2D eigenvalue weighted by molar-refractivity contribution is 0.687. The van der Waals surface area contributed by atoms with Crippen LogP contribution in [0.2, 0.25) is 0 Å². The largest absolute Gasteiger partial charge is 0.316 e. The SMILES string of the molecule is CCCCC1SC(c2cncs2)=[C]N1c1cncs1. The molecule has 0 bridgehead atoms. The summed E-state index contributed by atoms with van der Waals surface area (Å²) in [6.07, 6.45) is 11.0. The molecule has 3 nitrogen and oxygen atoms in total. The van der Waals surface area contributed by atoms with Gasteiger partial charge in [-0.2, -0.15) is 0 Å². The van der Waals surface area contributed by atoms with Crippen molar-refractivity contribution in [2.75, 3.05) is 4.90 Å². The lowest BCUT2D eigenvalue weighted by Crippen LogP contribution is -2.23. The summed E-state index contributed by atoms with van der Waals surface area (Å²) in [7, 11) is 0. The van der Waals surface area contributed by atoms with E-state index in [0.29, 0.717) is 5.37 Å². The molecule has 0 fully saturated rings. The van der Waals surface area contributed by atoms with Crippen LogP contribution < -0.4 is 4.90 Å². The summed E-state index contributed by atoms with van der Waals surface area (Å²) < 4.78 is 0. The third-order valence-corrected chi connectivity index (χ3v) is 5.84. The Kier molecular flexibility index (Phi) is 4.20. The summed E-state index contributed by atoms with van der Waals surface area (Å²) in [5, 5.41) is 1.62. The predicted molar refractivity (Wildman–Crippen MR) is 84.3 cm³/mol. The summed E-state index contributed by atoms with van der Waals surface area (Å²) in [5.74, 6) is 0. The first-order valence-corrected chi connectivity index (χ1v) is 8.89. The van der Waals surface area contributed by atoms with Gasteiger partial charge < -0.3 is 4.90 Å². The lowest BCUT2D eigenvalue weighted by atomic mass is 10.2. The van der Waals surface area contributed by atoms with Gasteiger partial charge >= 0.3 is 0 Å². The van der Waals surface area contributed by atoms with Gasteiger partial charge in [0.2, 0.25) is 0 Å². The van der Waals surface area contributed by atoms with Crippen molar-refractivity contribution in [2.24, 2.45) is 0 Å². The maximum Gasteiger partial charge on any atom is 0.117 e. The quantitative estimate of drug-likeness (QED) is 0.815. The third-order valence-electron chi connectivity index (χ3n) is 2.88. The maximum atomic E-state index is 4.18. The van der Waals surface area contributed by atoms with E-state index in [1.165, 1.54) is 34.0 Å². The van der Waals surface area contributed by atoms with Crippen LogP contribution in [-0.2, 0) is 0 Å². The monoisotopic (exact) mass is 308 g/mol. The van der Waals surface area contributed by atoms with Gasteiger partial charge in [-0.15, -0.1) is 22.7 Å². The van der Waals surface area contributed by atoms with Gasteiger partial charge in [0.05, 0.1) is 38.6 Å². The minimum atomic E-state index is 0.442. The van der Waals surface area contributed by atoms with Crippen LogP contribution in [0.15, 0.2) is 23.4 Å². The molecule has 19 heavy (non-hydrogen) atoms. The van der Waals surface area contributed by atoms with Crippen LogP contribution in [0, 0.1) is 6.20 Å². The van der Waals surface area contributed by atoms with Gasteiger partial charge in [0.15, 0.2) is 0 Å². The van der Waals surface area contributed by atoms with E-state index < -0.39 is 0 Å². The average Bonchev–Trinajstić information content (AvgIpc) is 3.14. The molecule has 1 aliphatic heterocycles. The molecule has 0 N–H and O–H groups in total. The molecule has 99 valence electrons. The Morgan fingerprint density at radius 2 is 2.11 bits per heavy atom. The Balaban J connectivity index is 1.83. The van der Waals surface area contributed by atoms with Crippen LogP contribution in [0.4, 0.5) is 5.00 Å². The molecule has 0 saturated heterocycles. The van der Waals surface area contributed by atoms with E-state index in [9.17, 15) is 0 Å². The zero-order valence-corrected chi connectivity index (χ0v) is 13.0. The Bertz CT molecular complexity index is 533. The molecule has 0 aliphatic carbocycles. The summed E-state index contributed by atoms with van der Waals surface area (Å²) in [4.78, 5) is 13.0. The highest BCUT2D eigenvalue weighted by atomic mass is 32.2. The van der Waals surface area contributed by atoms with E-state index >= 15 is 0 Å². The van der Waals surface area contributed by atoms with E-state index in [4.69, 9.17) is 0 Å². The first-order valence-electron chi connectivity index (χ1n) is 6.25. The van der Waals surface area contributed by atoms with Crippen molar-refractivity contribution in [1.82, 2.24) is 9.97 Å². The van der Waals surface area contributed by atoms with Crippen molar-refractivity contribution in [2.45, 2.75) is 31.6 Å². The standard InChI is InChI=1S/C13H14N3S3/c1-2-3-4-12-16(13-6-15-9-18-13)7-11(19-12)10-5-14-8-17-10/h5-6,8-9,12H,2-4H2,1H3. The number of anilines is 1. The normalized spacial score (nSPS) is 18.9. The zero-order chi connectivity index (χ0) is 13.1. The lowest BCUT2D eigenvalue weighted by Gasteiger charge is -2.21. The maximum absolute atomic E-state index is 4.18. The Labute approximate surface area is 125 Å². The molecule has 0 aromatic carbocycles. The first-order chi connectivity index (χ1) is 9.38. The Morgan fingerprint density at radius 1 is 1.26 bits per heavy atom. The van der Waals surface area contributed by atoms with Crippen molar-refractivity contribution >= 4 is 44.3 Å². The number of aromatic nitrogens is 2. The van der Waals surface area contributed by atoms with E-state index in [2.05, 4.69) is 28.0 Å². The van der Waals surface area contributed by atoms with Crippen molar-refractivity contribution in [3.8, 4) is 0 Å². The van der Waals surface area contributed by atoms with Gasteiger partial charge in [0, 0.05) is 6.20 Å². The highest BCUT2D eigenvalue weighted by Gasteiger charge is 2.28. The van der Waals surface area contributed by atoms with Crippen molar-refractivity contribution in [3.63, 3.8) is 0 Å². The minimum Gasteiger partial charge on any atom is -0.316 e. The van der Waals surface area contributed by atoms with Crippen molar-refractivity contribution in [3.05, 3.63) is 34.5 Å². The fraction of sp³-hybridized carbons (Fsp3) is 0.385. The predicted octanol–water partition coefficient (Wildman–Crippen LogP) is 4.47. The highest BCUT2D eigenvalue weighted by Crippen LogP contribution is 2.44. The molecule has 3 rings (SSSR count). The van der Waals surface area contributed by atoms with Gasteiger partial charge in [0.1, 0.15) is 5.00 Å². The van der Waals surface area contributed by atoms with Crippen LogP contribution in [0.3, 0.4) is 0 Å². The van der Waals surface area contributed by atoms with Gasteiger partial charge in [-0.3, -0.25) is 9.97 Å². The molecule has 2 aromatic rings. The van der Waals surface area contributed by atoms with Crippen LogP contribution in [0.5, 0.6) is 0 Å². The number of hydrogen-bond acceptors (Lipinski definition) is 6. The van der Waals surface area contributed by atoms with Gasteiger partial charge in [0.25, 0.3) is 0 Å². The van der Waals surface area contributed by atoms with Gasteiger partial charge in [-0.1, -0.05) is 31.5 Å². The fourth-order valence-electron chi connectivity index (χ4n) is 1.93. The molecule has 1 aliphatic rings. The van der Waals surface area contributed by atoms with E-state index in [1.807, 2.05) is 35.2 Å². The van der Waals surface area contributed by atoms with E-state index in [0.717, 1.165) is 0 Å². The number of rotatable bonds is 5. The zero-order valence-electron chi connectivity index (χ0n) is 10.6. The molecule has 1 radical (unpaired) electrons. The number of nitrogens with zero attached hydrogens (tertiary/aromatic N) is 3. The first kappa shape index (κ1) is 13.1. The number of unbranched alkanes of at least 4 members (excludes halogenated alkanes) is 1. The molecular weight excluding hydrogens is 294 g/mol. The Morgan fingerprint density at radius 3 is 2.79 bits per heavy atom. The molecule has 6 heteroatoms. The summed E-state index contributed by atoms with van der Waals surface area (Å²) in [5.41, 5.74) is 3.75. The molecule has 3 heterocycles. The molecular formula is C13H14N3S3. The molecule has 1 atom stereocenters. The second-order valence-corrected chi connectivity index (χ2v) is 7.17. The molecule has 2 aromatic heterocycles. The second kappa shape index (κ2) is 6.07. The van der Waals surface area contributed by atoms with Gasteiger partial charge in [-0.25, -0.2) is 0 Å². The molecule has 0 saturated carbocycles. The topological polar surface area (TPSA) is 29.0 Å². The van der Waals surface area contributed by atoms with E-state index in [-0.39, 0.29) is 0 Å². The summed E-state index contributed by atoms with van der Waals surface area (Å²) in [6, 6.07) is 0. The fourth-order valence-corrected chi connectivity index (χ4v) is 4.58. The highest BCUT2D eigenvalue weighted by molar-refractivity contribution is 8.09. The number of thioether (sulfide) groups is 1. The van der Waals surface area contributed by atoms with E-state index in [1.54, 1.807) is 22.7 Å². The number of thiazole rings is 2. The van der Waals surface area contributed by atoms with Crippen LogP contribution >= 0.6 is 34.4 Å². The number of hydrogen-bond donors (Lipinski definition) is 0. The van der Waals surface area contributed by atoms with Crippen LogP contribution in [0.25, 0.3) is 4.91 Å². The van der Waals surface area contributed by atoms with Crippen molar-refractivity contribution < 1.29 is 0 Å². The average molecular weight is 308 g/mol. The summed E-state index contributed by atoms with van der Waals surface area (Å²) >= 11 is 5.24. The Hall–Kier alpha value is -0.850. The smallest absolute Gasteiger partial charge is 0.117 e.